The Balaban J connectivity index is 2.47. The zero-order valence-corrected chi connectivity index (χ0v) is 15.9. The van der Waals surface area contributed by atoms with Gasteiger partial charge in [-0.25, -0.2) is 9.89 Å². The summed E-state index contributed by atoms with van der Waals surface area (Å²) in [6.07, 6.45) is 0.226. The lowest BCUT2D eigenvalue weighted by molar-refractivity contribution is -0.134. The molecule has 1 saturated heterocycles. The van der Waals surface area contributed by atoms with Crippen molar-refractivity contribution in [2.75, 3.05) is 4.90 Å². The average molecular weight is 398 g/mol. The molecule has 1 aromatic carbocycles. The molecule has 1 heterocycles. The zero-order chi connectivity index (χ0) is 19.4. The second-order valence-corrected chi connectivity index (χ2v) is 6.39. The summed E-state index contributed by atoms with van der Waals surface area (Å²) in [5.74, 6) is -2.10. The predicted octanol–water partition coefficient (Wildman–Crippen LogP) is 2.10. The molecule has 0 bridgehead atoms. The maximum Gasteiger partial charge on any atom is 0.323 e. The number of anilines is 1. The number of amides is 3. The Morgan fingerprint density at radius 1 is 1.27 bits per heavy atom. The Bertz CT molecular complexity index is 820. The standard InChI is InChI=1S/C16H17Cl2N5O3/c1-4-12(24)20-15(19-8(2)3)22-16-21-13(25)14(26)23(16)9-5-6-10(17)11(18)7-9/h5-8H,4H2,1-3H3,(H2,19,20,21,22,24,25). The number of benzene rings is 1. The minimum atomic E-state index is -0.861. The maximum atomic E-state index is 12.2. The van der Waals surface area contributed by atoms with E-state index >= 15 is 0 Å². The third-order valence-electron chi connectivity index (χ3n) is 3.16. The van der Waals surface area contributed by atoms with Crippen molar-refractivity contribution in [1.29, 1.82) is 0 Å². The van der Waals surface area contributed by atoms with Gasteiger partial charge in [0.1, 0.15) is 0 Å². The summed E-state index contributed by atoms with van der Waals surface area (Å²) >= 11 is 11.9. The number of aliphatic imine (C=N–C) groups is 2. The topological polar surface area (TPSA) is 103 Å². The molecule has 0 aromatic heterocycles. The molecule has 10 heteroatoms. The first-order valence-electron chi connectivity index (χ1n) is 7.79. The number of carbonyl (C=O) groups is 3. The van der Waals surface area contributed by atoms with Crippen molar-refractivity contribution in [1.82, 2.24) is 10.6 Å². The number of hydrogen-bond acceptors (Lipinski definition) is 4. The molecule has 2 N–H and O–H groups in total. The van der Waals surface area contributed by atoms with Crippen LogP contribution in [-0.2, 0) is 14.4 Å². The summed E-state index contributed by atoms with van der Waals surface area (Å²) in [6, 6.07) is 4.28. The number of nitrogens with zero attached hydrogens (tertiary/aromatic N) is 3. The van der Waals surface area contributed by atoms with Gasteiger partial charge in [-0.1, -0.05) is 30.1 Å². The van der Waals surface area contributed by atoms with Crippen molar-refractivity contribution >= 4 is 58.5 Å². The molecule has 1 aliphatic heterocycles. The lowest BCUT2D eigenvalue weighted by Crippen LogP contribution is -2.37. The van der Waals surface area contributed by atoms with Gasteiger partial charge in [0.2, 0.25) is 17.8 Å². The quantitative estimate of drug-likeness (QED) is 0.463. The molecule has 2 rings (SSSR count). The monoisotopic (exact) mass is 397 g/mol. The summed E-state index contributed by atoms with van der Waals surface area (Å²) in [7, 11) is 0. The Kier molecular flexibility index (Phi) is 6.33. The van der Waals surface area contributed by atoms with Crippen LogP contribution in [0.5, 0.6) is 0 Å². The van der Waals surface area contributed by atoms with Gasteiger partial charge in [0.25, 0.3) is 0 Å². The molecule has 8 nitrogen and oxygen atoms in total. The van der Waals surface area contributed by atoms with Gasteiger partial charge < -0.3 is 0 Å². The second kappa shape index (κ2) is 8.29. The van der Waals surface area contributed by atoms with E-state index in [9.17, 15) is 14.4 Å². The fourth-order valence-corrected chi connectivity index (χ4v) is 2.29. The molecule has 1 fully saturated rings. The van der Waals surface area contributed by atoms with E-state index in [2.05, 4.69) is 20.6 Å². The Hall–Kier alpha value is -2.45. The van der Waals surface area contributed by atoms with Crippen LogP contribution in [0.2, 0.25) is 10.0 Å². The van der Waals surface area contributed by atoms with Gasteiger partial charge in [0, 0.05) is 12.5 Å². The number of guanidine groups is 2. The third kappa shape index (κ3) is 4.59. The van der Waals surface area contributed by atoms with Gasteiger partial charge in [-0.15, -0.1) is 0 Å². The lowest BCUT2D eigenvalue weighted by atomic mass is 10.3. The van der Waals surface area contributed by atoms with Gasteiger partial charge in [-0.05, 0) is 32.0 Å². The summed E-state index contributed by atoms with van der Waals surface area (Å²) in [4.78, 5) is 45.1. The highest BCUT2D eigenvalue weighted by atomic mass is 35.5. The number of halogens is 2. The van der Waals surface area contributed by atoms with Crippen LogP contribution in [0.1, 0.15) is 27.2 Å². The van der Waals surface area contributed by atoms with Crippen LogP contribution in [0.15, 0.2) is 28.2 Å². The van der Waals surface area contributed by atoms with Crippen LogP contribution in [0, 0.1) is 0 Å². The van der Waals surface area contributed by atoms with E-state index in [1.54, 1.807) is 20.8 Å². The molecule has 1 aromatic rings. The molecule has 0 radical (unpaired) electrons. The zero-order valence-electron chi connectivity index (χ0n) is 14.3. The summed E-state index contributed by atoms with van der Waals surface area (Å²) in [5, 5.41) is 5.41. The SMILES string of the molecule is CCC(=O)NC(=NC(C)C)N=C1NC(=O)C(=O)N1c1ccc(Cl)c(Cl)c1. The average Bonchev–Trinajstić information content (AvgIpc) is 2.83. The van der Waals surface area contributed by atoms with Crippen LogP contribution in [0.25, 0.3) is 0 Å². The van der Waals surface area contributed by atoms with Crippen molar-refractivity contribution in [2.24, 2.45) is 9.98 Å². The summed E-state index contributed by atoms with van der Waals surface area (Å²) < 4.78 is 0. The van der Waals surface area contributed by atoms with Crippen LogP contribution < -0.4 is 15.5 Å². The van der Waals surface area contributed by atoms with E-state index in [-0.39, 0.29) is 35.3 Å². The normalized spacial score (nSPS) is 16.5. The molecule has 0 atom stereocenters. The number of nitrogens with one attached hydrogen (secondary N) is 2. The first kappa shape index (κ1) is 19.9. The lowest BCUT2D eigenvalue weighted by Gasteiger charge is -2.16. The minimum Gasteiger partial charge on any atom is -0.295 e. The number of rotatable bonds is 3. The van der Waals surface area contributed by atoms with Crippen molar-refractivity contribution in [3.05, 3.63) is 28.2 Å². The van der Waals surface area contributed by atoms with Crippen molar-refractivity contribution in [2.45, 2.75) is 33.2 Å². The number of carbonyl (C=O) groups excluding carboxylic acids is 3. The van der Waals surface area contributed by atoms with Crippen LogP contribution in [0.4, 0.5) is 5.69 Å². The first-order valence-corrected chi connectivity index (χ1v) is 8.55. The third-order valence-corrected chi connectivity index (χ3v) is 3.90. The molecule has 0 spiro atoms. The second-order valence-electron chi connectivity index (χ2n) is 5.58. The molecular formula is C16H17Cl2N5O3. The fourth-order valence-electron chi connectivity index (χ4n) is 2.00. The van der Waals surface area contributed by atoms with Crippen molar-refractivity contribution in [3.8, 4) is 0 Å². The van der Waals surface area contributed by atoms with Crippen molar-refractivity contribution < 1.29 is 14.4 Å². The molecule has 0 unspecified atom stereocenters. The van der Waals surface area contributed by atoms with Crippen LogP contribution in [0.3, 0.4) is 0 Å². The Morgan fingerprint density at radius 2 is 1.96 bits per heavy atom. The Labute approximate surface area is 160 Å². The smallest absolute Gasteiger partial charge is 0.295 e. The molecule has 138 valence electrons. The first-order chi connectivity index (χ1) is 12.2. The van der Waals surface area contributed by atoms with E-state index in [4.69, 9.17) is 23.2 Å². The van der Waals surface area contributed by atoms with Gasteiger partial charge in [-0.3, -0.25) is 25.0 Å². The minimum absolute atomic E-state index is 0.0121. The van der Waals surface area contributed by atoms with E-state index < -0.39 is 11.8 Å². The highest BCUT2D eigenvalue weighted by Gasteiger charge is 2.37. The van der Waals surface area contributed by atoms with E-state index in [0.717, 1.165) is 4.90 Å². The van der Waals surface area contributed by atoms with E-state index in [1.165, 1.54) is 18.2 Å². The summed E-state index contributed by atoms with van der Waals surface area (Å²) in [6.45, 7) is 5.28. The van der Waals surface area contributed by atoms with Gasteiger partial charge in [0.05, 0.1) is 15.7 Å². The van der Waals surface area contributed by atoms with E-state index in [0.29, 0.717) is 10.7 Å². The molecular weight excluding hydrogens is 381 g/mol. The number of hydrogen-bond donors (Lipinski definition) is 2. The van der Waals surface area contributed by atoms with Crippen LogP contribution in [-0.4, -0.2) is 35.7 Å². The highest BCUT2D eigenvalue weighted by Crippen LogP contribution is 2.28. The van der Waals surface area contributed by atoms with Crippen LogP contribution >= 0.6 is 23.2 Å². The van der Waals surface area contributed by atoms with Gasteiger partial charge in [0.15, 0.2) is 0 Å². The summed E-state index contributed by atoms with van der Waals surface area (Å²) in [5.41, 5.74) is 0.298. The fraction of sp³-hybridized carbons (Fsp3) is 0.312. The van der Waals surface area contributed by atoms with Gasteiger partial charge in [-0.2, -0.15) is 4.99 Å². The largest absolute Gasteiger partial charge is 0.323 e. The predicted molar refractivity (Wildman–Crippen MR) is 101 cm³/mol. The van der Waals surface area contributed by atoms with E-state index in [1.807, 2.05) is 0 Å². The van der Waals surface area contributed by atoms with Crippen molar-refractivity contribution in [3.63, 3.8) is 0 Å². The van der Waals surface area contributed by atoms with Gasteiger partial charge >= 0.3 is 11.8 Å². The molecule has 26 heavy (non-hydrogen) atoms. The molecule has 0 saturated carbocycles. The maximum absolute atomic E-state index is 12.2. The highest BCUT2D eigenvalue weighted by molar-refractivity contribution is 6.54. The molecule has 3 amide bonds. The molecule has 1 aliphatic rings. The Morgan fingerprint density at radius 3 is 2.54 bits per heavy atom. The molecule has 0 aliphatic carbocycles.